The summed E-state index contributed by atoms with van der Waals surface area (Å²) in [7, 11) is 1.61. The van der Waals surface area contributed by atoms with E-state index in [0.717, 1.165) is 10.9 Å². The topological polar surface area (TPSA) is 57.4 Å². The molecule has 4 nitrogen and oxygen atoms in total. The molecule has 3 rings (SSSR count). The number of anilines is 1. The van der Waals surface area contributed by atoms with Crippen LogP contribution in [0.3, 0.4) is 0 Å². The van der Waals surface area contributed by atoms with Crippen molar-refractivity contribution in [1.82, 2.24) is 4.98 Å². The van der Waals surface area contributed by atoms with Crippen LogP contribution in [0.2, 0.25) is 0 Å². The normalized spacial score (nSPS) is 10.4. The number of rotatable bonds is 3. The number of benzene rings is 2. The van der Waals surface area contributed by atoms with Crippen molar-refractivity contribution in [2.45, 2.75) is 0 Å². The highest BCUT2D eigenvalue weighted by molar-refractivity contribution is 5.89. The summed E-state index contributed by atoms with van der Waals surface area (Å²) in [5, 5.41) is 0.874. The van der Waals surface area contributed by atoms with Crippen LogP contribution in [0, 0.1) is 0 Å². The van der Waals surface area contributed by atoms with Crippen molar-refractivity contribution in [2.75, 3.05) is 12.8 Å². The van der Waals surface area contributed by atoms with Gasteiger partial charge in [0, 0.05) is 5.39 Å². The SMILES string of the molecule is COc1ccccc1Oc1c(N)cnc2ccccc12. The number of nitrogen functional groups attached to an aromatic ring is 1. The lowest BCUT2D eigenvalue weighted by Gasteiger charge is -2.13. The average molecular weight is 266 g/mol. The van der Waals surface area contributed by atoms with Gasteiger partial charge in [0.05, 0.1) is 24.5 Å². The number of nitrogens with two attached hydrogens (primary N) is 1. The number of pyridine rings is 1. The van der Waals surface area contributed by atoms with E-state index in [4.69, 9.17) is 15.2 Å². The van der Waals surface area contributed by atoms with Gasteiger partial charge in [-0.25, -0.2) is 0 Å². The third-order valence-electron chi connectivity index (χ3n) is 3.03. The maximum absolute atomic E-state index is 6.00. The Morgan fingerprint density at radius 1 is 0.950 bits per heavy atom. The molecule has 0 radical (unpaired) electrons. The molecular formula is C16H14N2O2. The van der Waals surface area contributed by atoms with Gasteiger partial charge in [-0.15, -0.1) is 0 Å². The minimum atomic E-state index is 0.495. The number of fused-ring (bicyclic) bond motifs is 1. The number of hydrogen-bond acceptors (Lipinski definition) is 4. The van der Waals surface area contributed by atoms with Crippen molar-refractivity contribution in [3.8, 4) is 17.2 Å². The molecule has 0 saturated carbocycles. The van der Waals surface area contributed by atoms with E-state index in [2.05, 4.69) is 4.98 Å². The van der Waals surface area contributed by atoms with Crippen molar-refractivity contribution in [3.05, 3.63) is 54.7 Å². The molecule has 0 aliphatic carbocycles. The molecule has 3 aromatic rings. The molecule has 0 amide bonds. The third-order valence-corrected chi connectivity index (χ3v) is 3.03. The lowest BCUT2D eigenvalue weighted by molar-refractivity contribution is 0.380. The molecule has 4 heteroatoms. The van der Waals surface area contributed by atoms with Crippen LogP contribution in [-0.2, 0) is 0 Å². The molecule has 0 unspecified atom stereocenters. The molecule has 0 fully saturated rings. The predicted molar refractivity (Wildman–Crippen MR) is 79.2 cm³/mol. The summed E-state index contributed by atoms with van der Waals surface area (Å²) in [6.45, 7) is 0. The molecule has 0 spiro atoms. The molecule has 2 aromatic carbocycles. The highest BCUT2D eigenvalue weighted by Crippen LogP contribution is 2.37. The minimum absolute atomic E-state index is 0.495. The number of hydrogen-bond donors (Lipinski definition) is 1. The van der Waals surface area contributed by atoms with E-state index >= 15 is 0 Å². The quantitative estimate of drug-likeness (QED) is 0.786. The molecule has 0 bridgehead atoms. The minimum Gasteiger partial charge on any atom is -0.493 e. The molecule has 0 aliphatic heterocycles. The molecule has 1 aromatic heterocycles. The molecule has 1 heterocycles. The van der Waals surface area contributed by atoms with E-state index in [1.165, 1.54) is 0 Å². The van der Waals surface area contributed by atoms with Crippen molar-refractivity contribution in [1.29, 1.82) is 0 Å². The second kappa shape index (κ2) is 5.09. The lowest BCUT2D eigenvalue weighted by Crippen LogP contribution is -1.96. The van der Waals surface area contributed by atoms with Crippen LogP contribution in [-0.4, -0.2) is 12.1 Å². The van der Waals surface area contributed by atoms with Crippen LogP contribution in [0.15, 0.2) is 54.7 Å². The van der Waals surface area contributed by atoms with Gasteiger partial charge in [-0.05, 0) is 24.3 Å². The van der Waals surface area contributed by atoms with Gasteiger partial charge in [-0.3, -0.25) is 4.98 Å². The van der Waals surface area contributed by atoms with Gasteiger partial charge in [0.2, 0.25) is 0 Å². The van der Waals surface area contributed by atoms with E-state index in [1.807, 2.05) is 48.5 Å². The second-order valence-electron chi connectivity index (χ2n) is 4.31. The standard InChI is InChI=1S/C16H14N2O2/c1-19-14-8-4-5-9-15(14)20-16-11-6-2-3-7-13(11)18-10-12(16)17/h2-10H,17H2,1H3. The first-order valence-electron chi connectivity index (χ1n) is 6.23. The molecule has 0 atom stereocenters. The summed E-state index contributed by atoms with van der Waals surface area (Å²) >= 11 is 0. The Bertz CT molecular complexity index is 756. The van der Waals surface area contributed by atoms with E-state index in [9.17, 15) is 0 Å². The van der Waals surface area contributed by atoms with E-state index in [0.29, 0.717) is 22.9 Å². The van der Waals surface area contributed by atoms with Gasteiger partial charge in [-0.2, -0.15) is 0 Å². The first kappa shape index (κ1) is 12.3. The summed E-state index contributed by atoms with van der Waals surface area (Å²) in [6.07, 6.45) is 1.60. The van der Waals surface area contributed by atoms with Crippen molar-refractivity contribution in [2.24, 2.45) is 0 Å². The Kier molecular flexibility index (Phi) is 3.13. The first-order chi connectivity index (χ1) is 9.79. The van der Waals surface area contributed by atoms with Gasteiger partial charge >= 0.3 is 0 Å². The van der Waals surface area contributed by atoms with Crippen LogP contribution >= 0.6 is 0 Å². The van der Waals surface area contributed by atoms with Crippen LogP contribution in [0.5, 0.6) is 17.2 Å². The Balaban J connectivity index is 2.13. The molecule has 100 valence electrons. The van der Waals surface area contributed by atoms with Gasteiger partial charge in [0.1, 0.15) is 0 Å². The van der Waals surface area contributed by atoms with E-state index < -0.39 is 0 Å². The summed E-state index contributed by atoms with van der Waals surface area (Å²) in [5.41, 5.74) is 7.33. The Morgan fingerprint density at radius 2 is 1.65 bits per heavy atom. The number of aromatic nitrogens is 1. The van der Waals surface area contributed by atoms with Crippen LogP contribution in [0.4, 0.5) is 5.69 Å². The zero-order valence-corrected chi connectivity index (χ0v) is 11.0. The monoisotopic (exact) mass is 266 g/mol. The fraction of sp³-hybridized carbons (Fsp3) is 0.0625. The van der Waals surface area contributed by atoms with Gasteiger partial charge in [0.15, 0.2) is 17.2 Å². The Morgan fingerprint density at radius 3 is 2.45 bits per heavy atom. The van der Waals surface area contributed by atoms with Crippen LogP contribution < -0.4 is 15.2 Å². The molecule has 20 heavy (non-hydrogen) atoms. The largest absolute Gasteiger partial charge is 0.493 e. The Labute approximate surface area is 116 Å². The molecular weight excluding hydrogens is 252 g/mol. The first-order valence-corrected chi connectivity index (χ1v) is 6.23. The van der Waals surface area contributed by atoms with Crippen molar-refractivity contribution >= 4 is 16.6 Å². The highest BCUT2D eigenvalue weighted by Gasteiger charge is 2.11. The van der Waals surface area contributed by atoms with Gasteiger partial charge in [-0.1, -0.05) is 24.3 Å². The van der Waals surface area contributed by atoms with Gasteiger partial charge in [0.25, 0.3) is 0 Å². The smallest absolute Gasteiger partial charge is 0.169 e. The number of nitrogens with zero attached hydrogens (tertiary/aromatic N) is 1. The maximum Gasteiger partial charge on any atom is 0.169 e. The van der Waals surface area contributed by atoms with Gasteiger partial charge < -0.3 is 15.2 Å². The van der Waals surface area contributed by atoms with Crippen molar-refractivity contribution in [3.63, 3.8) is 0 Å². The van der Waals surface area contributed by atoms with Crippen LogP contribution in [0.25, 0.3) is 10.9 Å². The fourth-order valence-corrected chi connectivity index (χ4v) is 2.06. The lowest BCUT2D eigenvalue weighted by atomic mass is 10.2. The molecule has 0 aliphatic rings. The summed E-state index contributed by atoms with van der Waals surface area (Å²) in [6, 6.07) is 15.2. The molecule has 0 saturated heterocycles. The number of methoxy groups -OCH3 is 1. The van der Waals surface area contributed by atoms with Crippen molar-refractivity contribution < 1.29 is 9.47 Å². The van der Waals surface area contributed by atoms with Crippen LogP contribution in [0.1, 0.15) is 0 Å². The Hall–Kier alpha value is -2.75. The van der Waals surface area contributed by atoms with E-state index in [-0.39, 0.29) is 0 Å². The summed E-state index contributed by atoms with van der Waals surface area (Å²) < 4.78 is 11.2. The summed E-state index contributed by atoms with van der Waals surface area (Å²) in [4.78, 5) is 4.29. The zero-order valence-electron chi connectivity index (χ0n) is 11.0. The number of para-hydroxylation sites is 3. The number of ether oxygens (including phenoxy) is 2. The second-order valence-corrected chi connectivity index (χ2v) is 4.31. The highest BCUT2D eigenvalue weighted by atomic mass is 16.5. The average Bonchev–Trinajstić information content (AvgIpc) is 2.50. The zero-order chi connectivity index (χ0) is 13.9. The maximum atomic E-state index is 6.00. The molecule has 2 N–H and O–H groups in total. The fourth-order valence-electron chi connectivity index (χ4n) is 2.06. The predicted octanol–water partition coefficient (Wildman–Crippen LogP) is 3.62. The van der Waals surface area contributed by atoms with E-state index in [1.54, 1.807) is 13.3 Å². The summed E-state index contributed by atoms with van der Waals surface area (Å²) in [5.74, 6) is 1.88. The third kappa shape index (κ3) is 2.12.